The molecule has 0 aromatic heterocycles. The van der Waals surface area contributed by atoms with Gasteiger partial charge in [0.05, 0.1) is 10.8 Å². The van der Waals surface area contributed by atoms with Gasteiger partial charge in [-0.1, -0.05) is 20.8 Å². The van der Waals surface area contributed by atoms with E-state index in [4.69, 9.17) is 9.47 Å². The summed E-state index contributed by atoms with van der Waals surface area (Å²) >= 11 is 0. The number of rotatable bonds is 6. The first kappa shape index (κ1) is 22.8. The molecular weight excluding hydrogens is 352 g/mol. The lowest BCUT2D eigenvalue weighted by Gasteiger charge is -2.33. The van der Waals surface area contributed by atoms with Gasteiger partial charge in [0.1, 0.15) is 16.2 Å². The molecule has 1 rings (SSSR count). The predicted octanol–water partition coefficient (Wildman–Crippen LogP) is 4.41. The first-order chi connectivity index (χ1) is 11.5. The molecule has 1 unspecified atom stereocenters. The molecule has 0 amide bonds. The minimum atomic E-state index is -1.50. The van der Waals surface area contributed by atoms with E-state index in [2.05, 4.69) is 0 Å². The quantitative estimate of drug-likeness (QED) is 0.708. The second-order valence-corrected chi connectivity index (χ2v) is 10.1. The molecule has 150 valence electrons. The van der Waals surface area contributed by atoms with Gasteiger partial charge in [0.2, 0.25) is 5.79 Å². The van der Waals surface area contributed by atoms with E-state index in [1.165, 1.54) is 20.1 Å². The molecule has 0 spiro atoms. The van der Waals surface area contributed by atoms with E-state index in [1.54, 1.807) is 0 Å². The number of hydrogen-bond donors (Lipinski definition) is 2. The fourth-order valence-corrected chi connectivity index (χ4v) is 3.68. The molecule has 0 fully saturated rings. The highest BCUT2D eigenvalue weighted by Gasteiger charge is 2.35. The Morgan fingerprint density at radius 2 is 1.50 bits per heavy atom. The van der Waals surface area contributed by atoms with Crippen molar-refractivity contribution in [1.82, 2.24) is 0 Å². The Morgan fingerprint density at radius 3 is 1.85 bits per heavy atom. The Hall–Kier alpha value is -1.27. The van der Waals surface area contributed by atoms with Crippen molar-refractivity contribution in [2.45, 2.75) is 90.4 Å². The van der Waals surface area contributed by atoms with Gasteiger partial charge < -0.3 is 19.7 Å². The van der Waals surface area contributed by atoms with Gasteiger partial charge in [-0.05, 0) is 39.5 Å². The Bertz CT molecular complexity index is 651. The first-order valence-electron chi connectivity index (χ1n) is 8.85. The maximum absolute atomic E-state index is 12.6. The van der Waals surface area contributed by atoms with Gasteiger partial charge in [-0.2, -0.15) is 0 Å². The van der Waals surface area contributed by atoms with Gasteiger partial charge in [-0.25, -0.2) is 0 Å². The van der Waals surface area contributed by atoms with Crippen LogP contribution in [0.1, 0.15) is 72.9 Å². The third-order valence-corrected chi connectivity index (χ3v) is 5.13. The van der Waals surface area contributed by atoms with Crippen molar-refractivity contribution >= 4 is 10.8 Å². The molecule has 0 aliphatic carbocycles. The minimum Gasteiger partial charge on any atom is -0.504 e. The summed E-state index contributed by atoms with van der Waals surface area (Å²) in [6.45, 7) is 16.5. The molecule has 0 radical (unpaired) electrons. The Labute approximate surface area is 160 Å². The van der Waals surface area contributed by atoms with Crippen LogP contribution in [0.25, 0.3) is 0 Å². The van der Waals surface area contributed by atoms with Crippen LogP contribution < -0.4 is 9.47 Å². The SMILES string of the molecule is CCC(C)(C)c1c(C)c(OC(C)(C)O)c(S(C)=O)c(OC(C)(C)C)c1O. The van der Waals surface area contributed by atoms with Gasteiger partial charge in [0.15, 0.2) is 11.5 Å². The van der Waals surface area contributed by atoms with Gasteiger partial charge in [0.25, 0.3) is 0 Å². The number of hydrogen-bond acceptors (Lipinski definition) is 5. The van der Waals surface area contributed by atoms with Crippen LogP contribution in [-0.4, -0.2) is 32.1 Å². The molecule has 1 aromatic rings. The molecule has 0 bridgehead atoms. The monoisotopic (exact) mass is 386 g/mol. The van der Waals surface area contributed by atoms with E-state index in [1.807, 2.05) is 48.5 Å². The van der Waals surface area contributed by atoms with Crippen LogP contribution >= 0.6 is 0 Å². The zero-order chi connectivity index (χ0) is 20.7. The van der Waals surface area contributed by atoms with Gasteiger partial charge in [-0.3, -0.25) is 4.21 Å². The Kier molecular flexibility index (Phi) is 6.47. The third kappa shape index (κ3) is 5.13. The number of aromatic hydroxyl groups is 1. The maximum atomic E-state index is 12.6. The molecule has 0 saturated heterocycles. The van der Waals surface area contributed by atoms with E-state index in [0.717, 1.165) is 6.42 Å². The van der Waals surface area contributed by atoms with Crippen molar-refractivity contribution in [2.75, 3.05) is 6.26 Å². The molecule has 1 atom stereocenters. The molecule has 5 nitrogen and oxygen atoms in total. The van der Waals surface area contributed by atoms with E-state index in [9.17, 15) is 14.4 Å². The number of benzene rings is 1. The summed E-state index contributed by atoms with van der Waals surface area (Å²) in [6.07, 6.45) is 2.28. The van der Waals surface area contributed by atoms with E-state index < -0.39 is 22.2 Å². The average molecular weight is 387 g/mol. The molecule has 26 heavy (non-hydrogen) atoms. The van der Waals surface area contributed by atoms with Crippen LogP contribution in [-0.2, 0) is 16.2 Å². The van der Waals surface area contributed by atoms with Crippen molar-refractivity contribution in [3.8, 4) is 17.2 Å². The molecule has 0 heterocycles. The summed E-state index contributed by atoms with van der Waals surface area (Å²) in [4.78, 5) is 0.257. The highest BCUT2D eigenvalue weighted by Crippen LogP contribution is 2.51. The van der Waals surface area contributed by atoms with Crippen LogP contribution in [0.15, 0.2) is 4.90 Å². The number of phenols is 1. The lowest BCUT2D eigenvalue weighted by molar-refractivity contribution is -0.106. The molecule has 1 aromatic carbocycles. The summed E-state index contributed by atoms with van der Waals surface area (Å²) in [5.41, 5.74) is 0.353. The van der Waals surface area contributed by atoms with Crippen molar-refractivity contribution in [3.05, 3.63) is 11.1 Å². The third-order valence-electron chi connectivity index (χ3n) is 4.19. The van der Waals surface area contributed by atoms with Crippen LogP contribution in [0.3, 0.4) is 0 Å². The summed E-state index contributed by atoms with van der Waals surface area (Å²) in [7, 11) is -1.50. The molecular formula is C20H34O5S. The zero-order valence-corrected chi connectivity index (χ0v) is 18.6. The van der Waals surface area contributed by atoms with Gasteiger partial charge in [-0.15, -0.1) is 0 Å². The smallest absolute Gasteiger partial charge is 0.202 e. The van der Waals surface area contributed by atoms with Crippen molar-refractivity contribution in [1.29, 1.82) is 0 Å². The standard InChI is InChI=1S/C20H34O5S/c1-11-19(6,7)13-12(2)15(25-20(8,9)22)17(26(10)23)16(14(13)21)24-18(3,4)5/h21-22H,11H2,1-10H3. The fourth-order valence-electron chi connectivity index (χ4n) is 2.83. The summed E-state index contributed by atoms with van der Waals surface area (Å²) in [5.74, 6) is -1.04. The number of phenolic OH excluding ortho intramolecular Hbond substituents is 1. The number of ether oxygens (including phenoxy) is 2. The molecule has 2 N–H and O–H groups in total. The fraction of sp³-hybridized carbons (Fsp3) is 0.700. The van der Waals surface area contributed by atoms with Gasteiger partial charge in [0, 0.05) is 31.2 Å². The van der Waals surface area contributed by atoms with E-state index >= 15 is 0 Å². The van der Waals surface area contributed by atoms with Crippen LogP contribution in [0.5, 0.6) is 17.2 Å². The first-order valence-corrected chi connectivity index (χ1v) is 10.4. The Morgan fingerprint density at radius 1 is 1.00 bits per heavy atom. The average Bonchev–Trinajstić information content (AvgIpc) is 2.40. The van der Waals surface area contributed by atoms with Crippen LogP contribution in [0, 0.1) is 6.92 Å². The predicted molar refractivity (Wildman–Crippen MR) is 106 cm³/mol. The Balaban J connectivity index is 4.01. The minimum absolute atomic E-state index is 0.0161. The summed E-state index contributed by atoms with van der Waals surface area (Å²) in [6, 6.07) is 0. The lowest BCUT2D eigenvalue weighted by Crippen LogP contribution is -2.30. The maximum Gasteiger partial charge on any atom is 0.202 e. The van der Waals surface area contributed by atoms with Crippen molar-refractivity contribution < 1.29 is 23.9 Å². The van der Waals surface area contributed by atoms with E-state index in [0.29, 0.717) is 16.9 Å². The second-order valence-electron chi connectivity index (χ2n) is 8.79. The molecule has 0 aliphatic heterocycles. The second kappa shape index (κ2) is 7.39. The van der Waals surface area contributed by atoms with Gasteiger partial charge >= 0.3 is 0 Å². The van der Waals surface area contributed by atoms with Crippen LogP contribution in [0.4, 0.5) is 0 Å². The normalized spacial score (nSPS) is 14.3. The molecule has 0 aliphatic rings. The summed E-state index contributed by atoms with van der Waals surface area (Å²) < 4.78 is 24.3. The topological polar surface area (TPSA) is 76.0 Å². The van der Waals surface area contributed by atoms with E-state index in [-0.39, 0.29) is 21.8 Å². The highest BCUT2D eigenvalue weighted by molar-refractivity contribution is 7.84. The molecule has 6 heteroatoms. The summed E-state index contributed by atoms with van der Waals surface area (Å²) in [5, 5.41) is 21.3. The number of aliphatic hydroxyl groups is 1. The van der Waals surface area contributed by atoms with Crippen molar-refractivity contribution in [2.24, 2.45) is 0 Å². The van der Waals surface area contributed by atoms with Crippen LogP contribution in [0.2, 0.25) is 0 Å². The largest absolute Gasteiger partial charge is 0.504 e. The zero-order valence-electron chi connectivity index (χ0n) is 17.7. The lowest BCUT2D eigenvalue weighted by atomic mass is 9.78. The molecule has 0 saturated carbocycles. The van der Waals surface area contributed by atoms with Crippen molar-refractivity contribution in [3.63, 3.8) is 0 Å². The highest BCUT2D eigenvalue weighted by atomic mass is 32.2.